The molecule has 0 bridgehead atoms. The van der Waals surface area contributed by atoms with Crippen LogP contribution >= 0.6 is 35.3 Å². The standard InChI is InChI=1S/C19H27N5O2S.HI/c1-20-19(22-13-15-5-6-18(25-2)21-12-15)23-14-16(17-4-3-11-27-17)24-7-9-26-10-8-24;/h3-6,11-12,16H,7-10,13-14H2,1-2H3,(H2,20,22,23);1H. The van der Waals surface area contributed by atoms with E-state index in [9.17, 15) is 0 Å². The zero-order chi connectivity index (χ0) is 18.9. The second-order valence-electron chi connectivity index (χ2n) is 6.20. The Morgan fingerprint density at radius 3 is 2.75 bits per heavy atom. The maximum Gasteiger partial charge on any atom is 0.212 e. The lowest BCUT2D eigenvalue weighted by Gasteiger charge is -2.34. The SMILES string of the molecule is CN=C(NCc1ccc(OC)nc1)NCC(c1cccs1)N1CCOCC1.I. The number of pyridine rings is 1. The molecule has 0 amide bonds. The van der Waals surface area contributed by atoms with Crippen LogP contribution in [0.1, 0.15) is 16.5 Å². The van der Waals surface area contributed by atoms with Gasteiger partial charge < -0.3 is 20.1 Å². The smallest absolute Gasteiger partial charge is 0.212 e. The normalized spacial score (nSPS) is 16.1. The van der Waals surface area contributed by atoms with Crippen molar-refractivity contribution in [2.24, 2.45) is 4.99 Å². The number of hydrogen-bond acceptors (Lipinski definition) is 6. The molecule has 3 rings (SSSR count). The molecule has 1 unspecified atom stereocenters. The molecule has 9 heteroatoms. The largest absolute Gasteiger partial charge is 0.481 e. The van der Waals surface area contributed by atoms with Gasteiger partial charge in [0.1, 0.15) is 0 Å². The number of ether oxygens (including phenoxy) is 2. The number of halogens is 1. The quantitative estimate of drug-likeness (QED) is 0.334. The van der Waals surface area contributed by atoms with E-state index in [1.165, 1.54) is 4.88 Å². The summed E-state index contributed by atoms with van der Waals surface area (Å²) in [6, 6.07) is 8.48. The van der Waals surface area contributed by atoms with Crippen LogP contribution in [0.4, 0.5) is 0 Å². The van der Waals surface area contributed by atoms with E-state index in [0.717, 1.165) is 44.4 Å². The fourth-order valence-corrected chi connectivity index (χ4v) is 3.88. The topological polar surface area (TPSA) is 71.0 Å². The van der Waals surface area contributed by atoms with Crippen molar-refractivity contribution < 1.29 is 9.47 Å². The maximum atomic E-state index is 5.51. The Balaban J connectivity index is 0.00000280. The van der Waals surface area contributed by atoms with Crippen molar-refractivity contribution in [3.63, 3.8) is 0 Å². The van der Waals surface area contributed by atoms with E-state index in [1.54, 1.807) is 31.7 Å². The lowest BCUT2D eigenvalue weighted by Crippen LogP contribution is -2.46. The predicted molar refractivity (Wildman–Crippen MR) is 124 cm³/mol. The highest BCUT2D eigenvalue weighted by atomic mass is 127. The van der Waals surface area contributed by atoms with E-state index in [2.05, 4.69) is 43.0 Å². The van der Waals surface area contributed by atoms with E-state index < -0.39 is 0 Å². The second-order valence-corrected chi connectivity index (χ2v) is 7.17. The van der Waals surface area contributed by atoms with Crippen molar-refractivity contribution in [2.75, 3.05) is 47.0 Å². The molecule has 1 atom stereocenters. The summed E-state index contributed by atoms with van der Waals surface area (Å²) in [4.78, 5) is 12.4. The first-order valence-electron chi connectivity index (χ1n) is 9.09. The van der Waals surface area contributed by atoms with Crippen molar-refractivity contribution in [1.29, 1.82) is 0 Å². The van der Waals surface area contributed by atoms with Crippen molar-refractivity contribution >= 4 is 41.3 Å². The van der Waals surface area contributed by atoms with Gasteiger partial charge in [-0.1, -0.05) is 12.1 Å². The number of aliphatic imine (C=N–C) groups is 1. The van der Waals surface area contributed by atoms with Crippen molar-refractivity contribution in [2.45, 2.75) is 12.6 Å². The molecule has 1 fully saturated rings. The number of thiophene rings is 1. The maximum absolute atomic E-state index is 5.51. The molecule has 2 aromatic rings. The van der Waals surface area contributed by atoms with Crippen LogP contribution < -0.4 is 15.4 Å². The molecule has 3 heterocycles. The van der Waals surface area contributed by atoms with Crippen LogP contribution in [-0.2, 0) is 11.3 Å². The van der Waals surface area contributed by atoms with Gasteiger partial charge in [-0.15, -0.1) is 35.3 Å². The number of nitrogens with one attached hydrogen (secondary N) is 2. The molecule has 1 aliphatic heterocycles. The van der Waals surface area contributed by atoms with Crippen LogP contribution in [-0.4, -0.2) is 62.8 Å². The fraction of sp³-hybridized carbons (Fsp3) is 0.474. The Hall–Kier alpha value is -1.43. The molecule has 7 nitrogen and oxygen atoms in total. The third-order valence-corrected chi connectivity index (χ3v) is 5.48. The van der Waals surface area contributed by atoms with E-state index in [0.29, 0.717) is 18.5 Å². The number of methoxy groups -OCH3 is 1. The lowest BCUT2D eigenvalue weighted by atomic mass is 10.2. The van der Waals surface area contributed by atoms with Gasteiger partial charge in [-0.25, -0.2) is 4.98 Å². The minimum atomic E-state index is 0. The summed E-state index contributed by atoms with van der Waals surface area (Å²) >= 11 is 1.79. The Morgan fingerprint density at radius 1 is 1.32 bits per heavy atom. The first-order valence-corrected chi connectivity index (χ1v) is 9.96. The van der Waals surface area contributed by atoms with E-state index in [4.69, 9.17) is 9.47 Å². The first-order chi connectivity index (χ1) is 13.3. The highest BCUT2D eigenvalue weighted by Gasteiger charge is 2.23. The van der Waals surface area contributed by atoms with Crippen LogP contribution in [0.5, 0.6) is 5.88 Å². The molecule has 2 N–H and O–H groups in total. The van der Waals surface area contributed by atoms with Gasteiger partial charge in [-0.05, 0) is 17.0 Å². The molecule has 1 aliphatic rings. The zero-order valence-electron chi connectivity index (χ0n) is 16.3. The Kier molecular flexibility index (Phi) is 9.96. The number of guanidine groups is 1. The van der Waals surface area contributed by atoms with E-state index >= 15 is 0 Å². The Labute approximate surface area is 187 Å². The van der Waals surface area contributed by atoms with E-state index in [-0.39, 0.29) is 24.0 Å². The monoisotopic (exact) mass is 517 g/mol. The van der Waals surface area contributed by atoms with Gasteiger partial charge in [-0.2, -0.15) is 0 Å². The molecular weight excluding hydrogens is 489 g/mol. The van der Waals surface area contributed by atoms with Gasteiger partial charge in [0.05, 0.1) is 26.4 Å². The molecule has 0 saturated carbocycles. The summed E-state index contributed by atoms with van der Waals surface area (Å²) < 4.78 is 10.6. The highest BCUT2D eigenvalue weighted by molar-refractivity contribution is 14.0. The summed E-state index contributed by atoms with van der Waals surface area (Å²) in [6.07, 6.45) is 1.81. The molecule has 0 aromatic carbocycles. The van der Waals surface area contributed by atoms with Gasteiger partial charge in [0.2, 0.25) is 5.88 Å². The highest BCUT2D eigenvalue weighted by Crippen LogP contribution is 2.25. The van der Waals surface area contributed by atoms with Gasteiger partial charge >= 0.3 is 0 Å². The third-order valence-electron chi connectivity index (χ3n) is 4.51. The minimum absolute atomic E-state index is 0. The summed E-state index contributed by atoms with van der Waals surface area (Å²) in [5.41, 5.74) is 1.07. The van der Waals surface area contributed by atoms with Crippen LogP contribution in [0, 0.1) is 0 Å². The fourth-order valence-electron chi connectivity index (χ4n) is 3.02. The number of morpholine rings is 1. The van der Waals surface area contributed by atoms with Crippen LogP contribution in [0.25, 0.3) is 0 Å². The van der Waals surface area contributed by atoms with Crippen molar-refractivity contribution in [1.82, 2.24) is 20.5 Å². The van der Waals surface area contributed by atoms with Gasteiger partial charge in [0, 0.05) is 50.4 Å². The minimum Gasteiger partial charge on any atom is -0.481 e. The number of nitrogens with zero attached hydrogens (tertiary/aromatic N) is 3. The Morgan fingerprint density at radius 2 is 2.14 bits per heavy atom. The number of hydrogen-bond donors (Lipinski definition) is 2. The molecule has 0 radical (unpaired) electrons. The van der Waals surface area contributed by atoms with Crippen LogP contribution in [0.2, 0.25) is 0 Å². The van der Waals surface area contributed by atoms with Gasteiger partial charge in [-0.3, -0.25) is 9.89 Å². The van der Waals surface area contributed by atoms with Crippen LogP contribution in [0.15, 0.2) is 40.8 Å². The second kappa shape index (κ2) is 12.2. The summed E-state index contributed by atoms with van der Waals surface area (Å²) in [7, 11) is 3.40. The average Bonchev–Trinajstić information content (AvgIpc) is 3.26. The molecule has 0 spiro atoms. The molecule has 2 aromatic heterocycles. The molecule has 28 heavy (non-hydrogen) atoms. The predicted octanol–water partition coefficient (Wildman–Crippen LogP) is 2.51. The molecule has 0 aliphatic carbocycles. The Bertz CT molecular complexity index is 706. The molecule has 154 valence electrons. The van der Waals surface area contributed by atoms with Gasteiger partial charge in [0.25, 0.3) is 0 Å². The zero-order valence-corrected chi connectivity index (χ0v) is 19.4. The summed E-state index contributed by atoms with van der Waals surface area (Å²) in [5, 5.41) is 8.94. The van der Waals surface area contributed by atoms with Crippen molar-refractivity contribution in [3.8, 4) is 5.88 Å². The lowest BCUT2D eigenvalue weighted by molar-refractivity contribution is 0.0177. The summed E-state index contributed by atoms with van der Waals surface area (Å²) in [5.74, 6) is 1.39. The number of rotatable bonds is 7. The van der Waals surface area contributed by atoms with Crippen LogP contribution in [0.3, 0.4) is 0 Å². The van der Waals surface area contributed by atoms with Crippen molar-refractivity contribution in [3.05, 3.63) is 46.3 Å². The molecular formula is C19H28IN5O2S. The third kappa shape index (κ3) is 6.57. The molecule has 1 saturated heterocycles. The van der Waals surface area contributed by atoms with Gasteiger partial charge in [0.15, 0.2) is 5.96 Å². The first kappa shape index (κ1) is 22.9. The summed E-state index contributed by atoms with van der Waals surface area (Å²) in [6.45, 7) is 4.93. The average molecular weight is 517 g/mol. The number of aromatic nitrogens is 1. The van der Waals surface area contributed by atoms with E-state index in [1.807, 2.05) is 12.1 Å².